The smallest absolute Gasteiger partial charge is 0.228 e. The van der Waals surface area contributed by atoms with E-state index in [9.17, 15) is 9.59 Å². The van der Waals surface area contributed by atoms with Crippen LogP contribution in [0.5, 0.6) is 5.75 Å². The highest BCUT2D eigenvalue weighted by atomic mass is 79.9. The van der Waals surface area contributed by atoms with Gasteiger partial charge in [0, 0.05) is 18.1 Å². The van der Waals surface area contributed by atoms with E-state index >= 15 is 0 Å². The van der Waals surface area contributed by atoms with Crippen LogP contribution in [0.15, 0.2) is 53.4 Å². The van der Waals surface area contributed by atoms with Crippen LogP contribution < -0.4 is 31.6 Å². The van der Waals surface area contributed by atoms with Gasteiger partial charge in [-0.1, -0.05) is 119 Å². The molecule has 0 radical (unpaired) electrons. The number of aryl methyl sites for hydroxylation is 1. The molecule has 0 atom stereocenters. The average molecular weight is 658 g/mol. The summed E-state index contributed by atoms with van der Waals surface area (Å²) in [7, 11) is 0. The highest BCUT2D eigenvalue weighted by Crippen LogP contribution is 2.27. The summed E-state index contributed by atoms with van der Waals surface area (Å²) >= 11 is 1.66. The molecule has 3 aromatic rings. The molecule has 1 N–H and O–H groups in total. The molecule has 5 nitrogen and oxygen atoms in total. The summed E-state index contributed by atoms with van der Waals surface area (Å²) in [5, 5.41) is 5.21. The molecule has 0 aliphatic heterocycles. The number of ether oxygens (including phenoxy) is 1. The minimum Gasteiger partial charge on any atom is -1.00 e. The molecule has 0 saturated carbocycles. The van der Waals surface area contributed by atoms with E-state index < -0.39 is 0 Å². The summed E-state index contributed by atoms with van der Waals surface area (Å²) in [4.78, 5) is 25.5. The molecule has 42 heavy (non-hydrogen) atoms. The van der Waals surface area contributed by atoms with Gasteiger partial charge in [-0.3, -0.25) is 9.59 Å². The number of halogens is 1. The van der Waals surface area contributed by atoms with Crippen molar-refractivity contribution in [1.29, 1.82) is 0 Å². The Bertz CT molecular complexity index is 1230. The number of thiazole rings is 1. The number of anilines is 1. The molecule has 0 aliphatic carbocycles. The maximum Gasteiger partial charge on any atom is 0.228 e. The zero-order chi connectivity index (χ0) is 29.3. The van der Waals surface area contributed by atoms with Gasteiger partial charge in [-0.15, -0.1) is 0 Å². The number of nitrogens with zero attached hydrogens (tertiary/aromatic N) is 1. The van der Waals surface area contributed by atoms with Crippen molar-refractivity contribution in [1.82, 2.24) is 0 Å². The zero-order valence-electron chi connectivity index (χ0n) is 25.8. The minimum atomic E-state index is -0.125. The van der Waals surface area contributed by atoms with Crippen molar-refractivity contribution < 1.29 is 35.9 Å². The van der Waals surface area contributed by atoms with E-state index in [-0.39, 0.29) is 35.1 Å². The highest BCUT2D eigenvalue weighted by molar-refractivity contribution is 7.07. The fraction of sp³-hybridized carbons (Fsp3) is 0.514. The first-order valence-electron chi connectivity index (χ1n) is 15.5. The number of carbonyl (C=O) groups excluding carboxylic acids is 2. The standard InChI is InChI=1S/C35H48N2O3S.BrH/c1-4-5-6-7-8-9-10-11-12-13-14-17-23-40-35-30(20-18-21-32(35)29(3)38)24-34(39)36-33-22-16-15-19-31(33)25-37-27-41-26-28(37)2;/h15-16,18-22,26-27H,4-14,17,23-25H2,1-3H3;1H. The first-order chi connectivity index (χ1) is 20.0. The van der Waals surface area contributed by atoms with Crippen LogP contribution in [0.3, 0.4) is 0 Å². The third-order valence-electron chi connectivity index (χ3n) is 7.58. The van der Waals surface area contributed by atoms with Crippen molar-refractivity contribution >= 4 is 28.7 Å². The second-order valence-corrected chi connectivity index (χ2v) is 11.8. The van der Waals surface area contributed by atoms with Crippen LogP contribution in [-0.4, -0.2) is 18.3 Å². The summed E-state index contributed by atoms with van der Waals surface area (Å²) in [6.45, 7) is 7.14. The molecule has 3 rings (SSSR count). The number of hydrogen-bond acceptors (Lipinski definition) is 4. The molecule has 0 spiro atoms. The molecule has 0 aliphatic rings. The molecule has 0 unspecified atom stereocenters. The fourth-order valence-corrected chi connectivity index (χ4v) is 5.92. The van der Waals surface area contributed by atoms with Crippen molar-refractivity contribution in [3.05, 3.63) is 75.7 Å². The van der Waals surface area contributed by atoms with Crippen molar-refractivity contribution in [2.75, 3.05) is 11.9 Å². The topological polar surface area (TPSA) is 59.3 Å². The Balaban J connectivity index is 0.00000616. The van der Waals surface area contributed by atoms with Gasteiger partial charge in [-0.2, -0.15) is 4.57 Å². The van der Waals surface area contributed by atoms with Gasteiger partial charge in [0.2, 0.25) is 11.4 Å². The number of carbonyl (C=O) groups is 2. The van der Waals surface area contributed by atoms with Crippen LogP contribution in [0.25, 0.3) is 0 Å². The average Bonchev–Trinajstić information content (AvgIpc) is 3.36. The summed E-state index contributed by atoms with van der Waals surface area (Å²) in [5.41, 5.74) is 6.41. The largest absolute Gasteiger partial charge is 1.00 e. The van der Waals surface area contributed by atoms with E-state index in [2.05, 4.69) is 34.6 Å². The van der Waals surface area contributed by atoms with Gasteiger partial charge in [0.25, 0.3) is 0 Å². The first-order valence-corrected chi connectivity index (χ1v) is 16.5. The van der Waals surface area contributed by atoms with Crippen molar-refractivity contribution in [2.45, 2.75) is 111 Å². The SMILES string of the molecule is CCCCCCCCCCCCCCOc1c(CC(=O)Nc2ccccc2C[n+]2cscc2C)cccc1C(C)=O.[Br-]. The summed E-state index contributed by atoms with van der Waals surface area (Å²) in [5.74, 6) is 0.377. The summed E-state index contributed by atoms with van der Waals surface area (Å²) < 4.78 is 8.35. The molecule has 1 heterocycles. The minimum absolute atomic E-state index is 0. The van der Waals surface area contributed by atoms with Gasteiger partial charge in [-0.05, 0) is 25.5 Å². The third-order valence-corrected chi connectivity index (χ3v) is 8.44. The maximum atomic E-state index is 13.2. The van der Waals surface area contributed by atoms with Crippen LogP contribution in [0.4, 0.5) is 5.69 Å². The highest BCUT2D eigenvalue weighted by Gasteiger charge is 2.18. The van der Waals surface area contributed by atoms with Crippen LogP contribution >= 0.6 is 11.3 Å². The first kappa shape index (κ1) is 35.7. The predicted octanol–water partition coefficient (Wildman–Crippen LogP) is 5.86. The number of Topliss-reactive ketones (excluding diaryl/α,β-unsaturated/α-hetero) is 1. The van der Waals surface area contributed by atoms with E-state index in [0.29, 0.717) is 24.5 Å². The van der Waals surface area contributed by atoms with E-state index in [1.807, 2.05) is 36.4 Å². The van der Waals surface area contributed by atoms with Crippen molar-refractivity contribution in [3.8, 4) is 5.75 Å². The fourth-order valence-electron chi connectivity index (χ4n) is 5.14. The van der Waals surface area contributed by atoms with Gasteiger partial charge in [0.15, 0.2) is 18.0 Å². The lowest BCUT2D eigenvalue weighted by Gasteiger charge is -2.15. The van der Waals surface area contributed by atoms with E-state index in [4.69, 9.17) is 4.74 Å². The Labute approximate surface area is 267 Å². The number of ketones is 1. The summed E-state index contributed by atoms with van der Waals surface area (Å²) in [6.07, 6.45) is 15.6. The number of para-hydroxylation sites is 2. The quantitative estimate of drug-likeness (QED) is 0.0942. The van der Waals surface area contributed by atoms with Crippen molar-refractivity contribution in [2.24, 2.45) is 0 Å². The molecule has 0 fully saturated rings. The predicted molar refractivity (Wildman–Crippen MR) is 170 cm³/mol. The van der Waals surface area contributed by atoms with Gasteiger partial charge < -0.3 is 27.0 Å². The third kappa shape index (κ3) is 12.4. The monoisotopic (exact) mass is 656 g/mol. The molecule has 2 aromatic carbocycles. The van der Waals surface area contributed by atoms with Crippen molar-refractivity contribution in [3.63, 3.8) is 0 Å². The Morgan fingerprint density at radius 2 is 1.45 bits per heavy atom. The Kier molecular flexibility index (Phi) is 17.3. The normalized spacial score (nSPS) is 10.7. The lowest BCUT2D eigenvalue weighted by molar-refractivity contribution is -0.689. The number of nitrogens with one attached hydrogen (secondary N) is 1. The number of amides is 1. The molecular weight excluding hydrogens is 608 g/mol. The van der Waals surface area contributed by atoms with Crippen LogP contribution in [0.2, 0.25) is 0 Å². The van der Waals surface area contributed by atoms with E-state index in [1.54, 1.807) is 24.3 Å². The van der Waals surface area contributed by atoms with E-state index in [0.717, 1.165) is 29.7 Å². The van der Waals surface area contributed by atoms with Crippen LogP contribution in [-0.2, 0) is 17.8 Å². The van der Waals surface area contributed by atoms with Crippen LogP contribution in [0.1, 0.15) is 118 Å². The molecule has 1 amide bonds. The Hall–Kier alpha value is -2.51. The van der Waals surface area contributed by atoms with E-state index in [1.165, 1.54) is 69.9 Å². The van der Waals surface area contributed by atoms with Gasteiger partial charge in [0.1, 0.15) is 5.75 Å². The molecule has 7 heteroatoms. The molecule has 0 saturated heterocycles. The lowest BCUT2D eigenvalue weighted by atomic mass is 10.0. The number of benzene rings is 2. The Morgan fingerprint density at radius 3 is 2.07 bits per heavy atom. The Morgan fingerprint density at radius 1 is 0.833 bits per heavy atom. The molecule has 1 aromatic heterocycles. The number of rotatable bonds is 20. The number of aromatic nitrogens is 1. The van der Waals surface area contributed by atoms with Gasteiger partial charge in [-0.25, -0.2) is 0 Å². The molecular formula is C35H49BrN2O3S. The zero-order valence-corrected chi connectivity index (χ0v) is 28.2. The number of unbranched alkanes of at least 4 members (excludes halogenated alkanes) is 11. The molecule has 230 valence electrons. The van der Waals surface area contributed by atoms with Gasteiger partial charge in [0.05, 0.1) is 29.7 Å². The van der Waals surface area contributed by atoms with Crippen LogP contribution in [0, 0.1) is 6.92 Å². The molecule has 0 bridgehead atoms. The second-order valence-electron chi connectivity index (χ2n) is 11.1. The summed E-state index contributed by atoms with van der Waals surface area (Å²) in [6, 6.07) is 13.4. The number of hydrogen-bond donors (Lipinski definition) is 1. The maximum absolute atomic E-state index is 13.2. The lowest BCUT2D eigenvalue weighted by Crippen LogP contribution is -3.00. The second kappa shape index (κ2) is 20.4. The van der Waals surface area contributed by atoms with Gasteiger partial charge >= 0.3 is 0 Å².